The number of benzene rings is 1. The van der Waals surface area contributed by atoms with Crippen LogP contribution < -0.4 is 5.32 Å². The van der Waals surface area contributed by atoms with Crippen LogP contribution in [0.25, 0.3) is 0 Å². The van der Waals surface area contributed by atoms with Gasteiger partial charge in [-0.1, -0.05) is 0 Å². The molecule has 0 unspecified atom stereocenters. The second-order valence-corrected chi connectivity index (χ2v) is 3.59. The van der Waals surface area contributed by atoms with Crippen molar-refractivity contribution in [2.24, 2.45) is 0 Å². The molecule has 0 radical (unpaired) electrons. The van der Waals surface area contributed by atoms with E-state index in [0.29, 0.717) is 18.7 Å². The molecule has 2 N–H and O–H groups in total. The number of aromatic hydroxyl groups is 1. The summed E-state index contributed by atoms with van der Waals surface area (Å²) < 4.78 is 4.89. The van der Waals surface area contributed by atoms with Gasteiger partial charge in [0.25, 0.3) is 5.69 Å². The summed E-state index contributed by atoms with van der Waals surface area (Å²) >= 11 is 0. The lowest BCUT2D eigenvalue weighted by atomic mass is 10.1. The predicted octanol–water partition coefficient (Wildman–Crippen LogP) is 1.43. The molecule has 0 heterocycles. The highest BCUT2D eigenvalue weighted by molar-refractivity contribution is 5.42. The van der Waals surface area contributed by atoms with E-state index in [4.69, 9.17) is 4.74 Å². The smallest absolute Gasteiger partial charge is 0.270 e. The molecule has 0 aliphatic carbocycles. The number of hydrogen-bond acceptors (Lipinski definition) is 5. The normalized spacial score (nSPS) is 10.4. The van der Waals surface area contributed by atoms with Crippen LogP contribution in [-0.4, -0.2) is 30.3 Å². The number of nitro groups is 1. The number of nitrogens with one attached hydrogen (secondary N) is 1. The number of nitro benzene ring substituents is 1. The molecule has 0 saturated heterocycles. The molecule has 0 atom stereocenters. The third-order valence-electron chi connectivity index (χ3n) is 2.29. The van der Waals surface area contributed by atoms with Gasteiger partial charge in [0.2, 0.25) is 0 Å². The summed E-state index contributed by atoms with van der Waals surface area (Å²) in [5, 5.41) is 23.2. The standard InChI is InChI=1S/C11H16N2O4/c1-17-6-2-5-12-8-9-7-10(13(15)16)3-4-11(9)14/h3-4,7,12,14H,2,5-6,8H2,1H3. The first-order chi connectivity index (χ1) is 8.15. The Morgan fingerprint density at radius 3 is 2.94 bits per heavy atom. The Hall–Kier alpha value is -1.66. The minimum atomic E-state index is -0.478. The van der Waals surface area contributed by atoms with Gasteiger partial charge in [0.15, 0.2) is 0 Å². The highest BCUT2D eigenvalue weighted by Gasteiger charge is 2.09. The molecule has 1 rings (SSSR count). The zero-order valence-corrected chi connectivity index (χ0v) is 9.68. The van der Waals surface area contributed by atoms with Gasteiger partial charge in [-0.3, -0.25) is 10.1 Å². The molecule has 6 nitrogen and oxygen atoms in total. The van der Waals surface area contributed by atoms with Gasteiger partial charge in [0.1, 0.15) is 5.75 Å². The average molecular weight is 240 g/mol. The van der Waals surface area contributed by atoms with Crippen molar-refractivity contribution in [1.82, 2.24) is 5.32 Å². The Morgan fingerprint density at radius 2 is 2.29 bits per heavy atom. The van der Waals surface area contributed by atoms with E-state index in [9.17, 15) is 15.2 Å². The number of rotatable bonds is 7. The first kappa shape index (κ1) is 13.4. The van der Waals surface area contributed by atoms with E-state index in [1.165, 1.54) is 18.2 Å². The fourth-order valence-corrected chi connectivity index (χ4v) is 1.39. The monoisotopic (exact) mass is 240 g/mol. The second-order valence-electron chi connectivity index (χ2n) is 3.59. The summed E-state index contributed by atoms with van der Waals surface area (Å²) in [5.74, 6) is 0.0647. The van der Waals surface area contributed by atoms with Crippen LogP contribution in [0.2, 0.25) is 0 Å². The van der Waals surface area contributed by atoms with Crippen molar-refractivity contribution < 1.29 is 14.8 Å². The minimum Gasteiger partial charge on any atom is -0.508 e. The van der Waals surface area contributed by atoms with Crippen LogP contribution in [0.3, 0.4) is 0 Å². The maximum absolute atomic E-state index is 10.6. The molecule has 6 heteroatoms. The van der Waals surface area contributed by atoms with Crippen molar-refractivity contribution in [2.45, 2.75) is 13.0 Å². The molecule has 1 aromatic carbocycles. The number of phenolic OH excluding ortho intramolecular Hbond substituents is 1. The number of non-ortho nitro benzene ring substituents is 1. The third kappa shape index (κ3) is 4.38. The lowest BCUT2D eigenvalue weighted by Gasteiger charge is -2.06. The van der Waals surface area contributed by atoms with Crippen LogP contribution in [0.5, 0.6) is 5.75 Å². The van der Waals surface area contributed by atoms with Gasteiger partial charge >= 0.3 is 0 Å². The first-order valence-electron chi connectivity index (χ1n) is 5.31. The molecule has 0 aromatic heterocycles. The van der Waals surface area contributed by atoms with Crippen LogP contribution in [0.4, 0.5) is 5.69 Å². The molecule has 0 bridgehead atoms. The molecule has 0 spiro atoms. The summed E-state index contributed by atoms with van der Waals surface area (Å²) in [6.45, 7) is 1.79. The maximum Gasteiger partial charge on any atom is 0.270 e. The van der Waals surface area contributed by atoms with Gasteiger partial charge in [0, 0.05) is 38.0 Å². The Labute approximate surface area is 99.4 Å². The van der Waals surface area contributed by atoms with Crippen molar-refractivity contribution in [3.05, 3.63) is 33.9 Å². The molecule has 1 aromatic rings. The van der Waals surface area contributed by atoms with E-state index in [0.717, 1.165) is 13.0 Å². The molecule has 17 heavy (non-hydrogen) atoms. The van der Waals surface area contributed by atoms with E-state index >= 15 is 0 Å². The molecule has 94 valence electrons. The SMILES string of the molecule is COCCCNCc1cc([N+](=O)[O-])ccc1O. The maximum atomic E-state index is 10.6. The fourth-order valence-electron chi connectivity index (χ4n) is 1.39. The topological polar surface area (TPSA) is 84.6 Å². The summed E-state index contributed by atoms with van der Waals surface area (Å²) in [6.07, 6.45) is 0.853. The van der Waals surface area contributed by atoms with Crippen LogP contribution in [0.15, 0.2) is 18.2 Å². The molecule has 0 amide bonds. The lowest BCUT2D eigenvalue weighted by molar-refractivity contribution is -0.384. The fraction of sp³-hybridized carbons (Fsp3) is 0.455. The number of nitrogens with zero attached hydrogens (tertiary/aromatic N) is 1. The summed E-state index contributed by atoms with van der Waals surface area (Å²) in [5.41, 5.74) is 0.508. The van der Waals surface area contributed by atoms with E-state index in [1.807, 2.05) is 0 Å². The Morgan fingerprint density at radius 1 is 1.53 bits per heavy atom. The van der Waals surface area contributed by atoms with E-state index in [1.54, 1.807) is 7.11 Å². The van der Waals surface area contributed by atoms with Gasteiger partial charge in [0.05, 0.1) is 4.92 Å². The van der Waals surface area contributed by atoms with Crippen molar-refractivity contribution in [1.29, 1.82) is 0 Å². The Kier molecular flexibility index (Phi) is 5.38. The van der Waals surface area contributed by atoms with E-state index in [-0.39, 0.29) is 11.4 Å². The Bertz CT molecular complexity index is 382. The van der Waals surface area contributed by atoms with Crippen LogP contribution in [0.1, 0.15) is 12.0 Å². The average Bonchev–Trinajstić information content (AvgIpc) is 2.30. The molecular weight excluding hydrogens is 224 g/mol. The summed E-state index contributed by atoms with van der Waals surface area (Å²) in [6, 6.07) is 3.99. The quantitative estimate of drug-likeness (QED) is 0.428. The van der Waals surface area contributed by atoms with Gasteiger partial charge in [-0.15, -0.1) is 0 Å². The number of phenols is 1. The second kappa shape index (κ2) is 6.82. The lowest BCUT2D eigenvalue weighted by Crippen LogP contribution is -2.16. The van der Waals surface area contributed by atoms with Gasteiger partial charge in [-0.05, 0) is 19.0 Å². The van der Waals surface area contributed by atoms with Gasteiger partial charge in [-0.2, -0.15) is 0 Å². The summed E-state index contributed by atoms with van der Waals surface area (Å²) in [7, 11) is 1.63. The Balaban J connectivity index is 2.51. The molecule has 0 aliphatic rings. The number of ether oxygens (including phenoxy) is 1. The van der Waals surface area contributed by atoms with Crippen molar-refractivity contribution in [3.8, 4) is 5.75 Å². The highest BCUT2D eigenvalue weighted by atomic mass is 16.6. The van der Waals surface area contributed by atoms with Gasteiger partial charge < -0.3 is 15.2 Å². The van der Waals surface area contributed by atoms with E-state index < -0.39 is 4.92 Å². The first-order valence-corrected chi connectivity index (χ1v) is 5.31. The third-order valence-corrected chi connectivity index (χ3v) is 2.29. The van der Waals surface area contributed by atoms with Crippen molar-refractivity contribution in [3.63, 3.8) is 0 Å². The number of methoxy groups -OCH3 is 1. The van der Waals surface area contributed by atoms with E-state index in [2.05, 4.69) is 5.32 Å². The summed E-state index contributed by atoms with van der Waals surface area (Å²) in [4.78, 5) is 10.1. The zero-order chi connectivity index (χ0) is 12.7. The molecule has 0 aliphatic heterocycles. The highest BCUT2D eigenvalue weighted by Crippen LogP contribution is 2.22. The predicted molar refractivity (Wildman–Crippen MR) is 63.0 cm³/mol. The van der Waals surface area contributed by atoms with Crippen molar-refractivity contribution >= 4 is 5.69 Å². The molecule has 0 fully saturated rings. The largest absolute Gasteiger partial charge is 0.508 e. The van der Waals surface area contributed by atoms with Crippen LogP contribution in [-0.2, 0) is 11.3 Å². The minimum absolute atomic E-state index is 0.0171. The molecular formula is C11H16N2O4. The zero-order valence-electron chi connectivity index (χ0n) is 9.68. The van der Waals surface area contributed by atoms with Crippen molar-refractivity contribution in [2.75, 3.05) is 20.3 Å². The number of hydrogen-bond donors (Lipinski definition) is 2. The van der Waals surface area contributed by atoms with Crippen LogP contribution >= 0.6 is 0 Å². The molecule has 0 saturated carbocycles. The van der Waals surface area contributed by atoms with Gasteiger partial charge in [-0.25, -0.2) is 0 Å². The van der Waals surface area contributed by atoms with Crippen LogP contribution in [0, 0.1) is 10.1 Å².